The summed E-state index contributed by atoms with van der Waals surface area (Å²) >= 11 is 0. The standard InChI is InChI=1S/C25H30N2O3.ClH/c1-16-7-12-22-19(13-16)21(28)14-23(30-22)24(29)26-15-20(27(5)6)17-8-10-18(11-9-17)25(2,3)4;/h7-14,20H,15H2,1-6H3,(H,26,29);1H. The van der Waals surface area contributed by atoms with E-state index in [0.29, 0.717) is 17.5 Å². The molecule has 0 spiro atoms. The molecule has 2 aromatic carbocycles. The molecule has 1 atom stereocenters. The van der Waals surface area contributed by atoms with E-state index in [1.165, 1.54) is 11.6 Å². The van der Waals surface area contributed by atoms with Crippen molar-refractivity contribution in [3.63, 3.8) is 0 Å². The second-order valence-electron chi connectivity index (χ2n) is 9.04. The Morgan fingerprint density at radius 2 is 1.71 bits per heavy atom. The lowest BCUT2D eigenvalue weighted by Crippen LogP contribution is -2.34. The van der Waals surface area contributed by atoms with Gasteiger partial charge in [-0.1, -0.05) is 56.7 Å². The van der Waals surface area contributed by atoms with Gasteiger partial charge in [0.2, 0.25) is 0 Å². The predicted octanol–water partition coefficient (Wildman–Crippen LogP) is 4.85. The zero-order chi connectivity index (χ0) is 22.1. The summed E-state index contributed by atoms with van der Waals surface area (Å²) in [6.45, 7) is 8.87. The third-order valence-corrected chi connectivity index (χ3v) is 5.35. The van der Waals surface area contributed by atoms with Crippen LogP contribution in [0.1, 0.15) is 54.1 Å². The van der Waals surface area contributed by atoms with E-state index in [1.807, 2.05) is 27.1 Å². The van der Waals surface area contributed by atoms with Crippen molar-refractivity contribution in [2.24, 2.45) is 0 Å². The summed E-state index contributed by atoms with van der Waals surface area (Å²) in [6.07, 6.45) is 0. The van der Waals surface area contributed by atoms with E-state index in [0.717, 1.165) is 11.1 Å². The fourth-order valence-corrected chi connectivity index (χ4v) is 3.46. The number of hydrogen-bond acceptors (Lipinski definition) is 4. The topological polar surface area (TPSA) is 62.6 Å². The molecule has 0 aliphatic carbocycles. The summed E-state index contributed by atoms with van der Waals surface area (Å²) in [5.74, 6) is -0.371. The van der Waals surface area contributed by atoms with Crippen LogP contribution in [0.2, 0.25) is 0 Å². The first-order valence-electron chi connectivity index (χ1n) is 10.2. The van der Waals surface area contributed by atoms with Gasteiger partial charge >= 0.3 is 0 Å². The Balaban J connectivity index is 0.00000341. The van der Waals surface area contributed by atoms with Gasteiger partial charge < -0.3 is 14.6 Å². The zero-order valence-electron chi connectivity index (χ0n) is 19.0. The fourth-order valence-electron chi connectivity index (χ4n) is 3.46. The van der Waals surface area contributed by atoms with Gasteiger partial charge in [-0.05, 0) is 49.7 Å². The van der Waals surface area contributed by atoms with E-state index in [4.69, 9.17) is 4.42 Å². The number of halogens is 1. The zero-order valence-corrected chi connectivity index (χ0v) is 19.8. The first kappa shape index (κ1) is 24.6. The Labute approximate surface area is 189 Å². The molecule has 0 saturated heterocycles. The van der Waals surface area contributed by atoms with Crippen molar-refractivity contribution in [1.82, 2.24) is 10.2 Å². The number of amides is 1. The Morgan fingerprint density at radius 3 is 2.29 bits per heavy atom. The molecule has 1 aromatic heterocycles. The Morgan fingerprint density at radius 1 is 1.06 bits per heavy atom. The van der Waals surface area contributed by atoms with E-state index in [9.17, 15) is 9.59 Å². The van der Waals surface area contributed by atoms with E-state index in [1.54, 1.807) is 12.1 Å². The Kier molecular flexibility index (Phi) is 7.68. The minimum Gasteiger partial charge on any atom is -0.451 e. The number of rotatable bonds is 5. The molecular weight excluding hydrogens is 412 g/mol. The van der Waals surface area contributed by atoms with Crippen LogP contribution in [0.25, 0.3) is 11.0 Å². The van der Waals surface area contributed by atoms with E-state index in [2.05, 4.69) is 55.3 Å². The molecule has 1 amide bonds. The fraction of sp³-hybridized carbons (Fsp3) is 0.360. The molecule has 3 rings (SSSR count). The Bertz CT molecular complexity index is 1110. The van der Waals surface area contributed by atoms with Crippen LogP contribution in [-0.2, 0) is 5.41 Å². The second kappa shape index (κ2) is 9.67. The summed E-state index contributed by atoms with van der Waals surface area (Å²) in [5.41, 5.74) is 3.64. The highest BCUT2D eigenvalue weighted by atomic mass is 35.5. The van der Waals surface area contributed by atoms with Crippen molar-refractivity contribution >= 4 is 29.3 Å². The largest absolute Gasteiger partial charge is 0.451 e. The number of likely N-dealkylation sites (N-methyl/N-ethyl adjacent to an activating group) is 1. The van der Waals surface area contributed by atoms with Crippen molar-refractivity contribution < 1.29 is 9.21 Å². The van der Waals surface area contributed by atoms with Gasteiger partial charge in [0.25, 0.3) is 5.91 Å². The molecule has 1 heterocycles. The number of aryl methyl sites for hydroxylation is 1. The monoisotopic (exact) mass is 442 g/mol. The number of carbonyl (C=O) groups excluding carboxylic acids is 1. The normalized spacial score (nSPS) is 12.5. The van der Waals surface area contributed by atoms with Gasteiger partial charge in [-0.15, -0.1) is 12.4 Å². The molecule has 5 nitrogen and oxygen atoms in total. The van der Waals surface area contributed by atoms with Crippen LogP contribution < -0.4 is 10.7 Å². The van der Waals surface area contributed by atoms with E-state index < -0.39 is 5.91 Å². The van der Waals surface area contributed by atoms with Crippen LogP contribution >= 0.6 is 12.4 Å². The minimum atomic E-state index is -0.396. The van der Waals surface area contributed by atoms with Gasteiger partial charge in [0.15, 0.2) is 11.2 Å². The van der Waals surface area contributed by atoms with Crippen molar-refractivity contribution in [3.05, 3.63) is 81.2 Å². The lowest BCUT2D eigenvalue weighted by molar-refractivity contribution is 0.0914. The SMILES string of the molecule is Cc1ccc2oc(C(=O)NCC(c3ccc(C(C)(C)C)cc3)N(C)C)cc(=O)c2c1.Cl. The number of fused-ring (bicyclic) bond motifs is 1. The molecule has 0 aliphatic rings. The number of nitrogens with zero attached hydrogens (tertiary/aromatic N) is 1. The molecule has 3 aromatic rings. The highest BCUT2D eigenvalue weighted by Gasteiger charge is 2.19. The lowest BCUT2D eigenvalue weighted by Gasteiger charge is -2.26. The quantitative estimate of drug-likeness (QED) is 0.613. The van der Waals surface area contributed by atoms with Crippen LogP contribution in [0.15, 0.2) is 57.7 Å². The molecule has 31 heavy (non-hydrogen) atoms. The average Bonchev–Trinajstić information content (AvgIpc) is 2.68. The summed E-state index contributed by atoms with van der Waals surface area (Å²) in [6, 6.07) is 15.1. The summed E-state index contributed by atoms with van der Waals surface area (Å²) < 4.78 is 5.69. The van der Waals surface area contributed by atoms with Crippen molar-refractivity contribution in [2.45, 2.75) is 39.2 Å². The first-order valence-corrected chi connectivity index (χ1v) is 10.2. The maximum Gasteiger partial charge on any atom is 0.287 e. The number of nitrogens with one attached hydrogen (secondary N) is 1. The van der Waals surface area contributed by atoms with Crippen LogP contribution in [0.4, 0.5) is 0 Å². The van der Waals surface area contributed by atoms with Crippen LogP contribution in [0.5, 0.6) is 0 Å². The van der Waals surface area contributed by atoms with Crippen LogP contribution in [-0.4, -0.2) is 31.4 Å². The molecule has 0 radical (unpaired) electrons. The molecule has 1 unspecified atom stereocenters. The smallest absolute Gasteiger partial charge is 0.287 e. The minimum absolute atomic E-state index is 0. The maximum absolute atomic E-state index is 12.7. The number of carbonyl (C=O) groups is 1. The summed E-state index contributed by atoms with van der Waals surface area (Å²) in [4.78, 5) is 27.1. The van der Waals surface area contributed by atoms with Gasteiger partial charge in [-0.3, -0.25) is 9.59 Å². The van der Waals surface area contributed by atoms with Gasteiger partial charge in [-0.2, -0.15) is 0 Å². The van der Waals surface area contributed by atoms with Crippen molar-refractivity contribution in [2.75, 3.05) is 20.6 Å². The summed E-state index contributed by atoms with van der Waals surface area (Å²) in [7, 11) is 3.96. The molecule has 0 saturated carbocycles. The molecule has 0 aliphatic heterocycles. The highest BCUT2D eigenvalue weighted by Crippen LogP contribution is 2.25. The number of hydrogen-bond donors (Lipinski definition) is 1. The van der Waals surface area contributed by atoms with Gasteiger partial charge in [-0.25, -0.2) is 0 Å². The predicted molar refractivity (Wildman–Crippen MR) is 128 cm³/mol. The van der Waals surface area contributed by atoms with Crippen molar-refractivity contribution in [1.29, 1.82) is 0 Å². The molecular formula is C25H31ClN2O3. The van der Waals surface area contributed by atoms with Crippen LogP contribution in [0, 0.1) is 6.92 Å². The molecule has 166 valence electrons. The number of benzene rings is 2. The van der Waals surface area contributed by atoms with Crippen LogP contribution in [0.3, 0.4) is 0 Å². The average molecular weight is 443 g/mol. The van der Waals surface area contributed by atoms with E-state index >= 15 is 0 Å². The molecule has 6 heteroatoms. The second-order valence-corrected chi connectivity index (χ2v) is 9.04. The molecule has 0 bridgehead atoms. The third-order valence-electron chi connectivity index (χ3n) is 5.35. The van der Waals surface area contributed by atoms with Gasteiger partial charge in [0.05, 0.1) is 11.4 Å². The maximum atomic E-state index is 12.7. The lowest BCUT2D eigenvalue weighted by atomic mass is 9.86. The van der Waals surface area contributed by atoms with Gasteiger partial charge in [0, 0.05) is 12.6 Å². The third kappa shape index (κ3) is 5.75. The Hall–Kier alpha value is -2.63. The van der Waals surface area contributed by atoms with Gasteiger partial charge in [0.1, 0.15) is 5.58 Å². The van der Waals surface area contributed by atoms with E-state index in [-0.39, 0.29) is 35.1 Å². The molecule has 1 N–H and O–H groups in total. The first-order chi connectivity index (χ1) is 14.1. The highest BCUT2D eigenvalue weighted by molar-refractivity contribution is 5.93. The molecule has 0 fully saturated rings. The van der Waals surface area contributed by atoms with Crippen molar-refractivity contribution in [3.8, 4) is 0 Å². The summed E-state index contributed by atoms with van der Waals surface area (Å²) in [5, 5.41) is 3.40.